The first-order valence-electron chi connectivity index (χ1n) is 10.9. The largest absolute Gasteiger partial charge is 0.394 e. The lowest BCUT2D eigenvalue weighted by Crippen LogP contribution is -2.41. The number of likely N-dealkylation sites (tertiary alicyclic amines) is 1. The van der Waals surface area contributed by atoms with Crippen molar-refractivity contribution in [1.82, 2.24) is 9.80 Å². The molecule has 0 saturated carbocycles. The van der Waals surface area contributed by atoms with Crippen molar-refractivity contribution < 1.29 is 19.0 Å². The van der Waals surface area contributed by atoms with Crippen LogP contribution in [0.1, 0.15) is 72.6 Å². The summed E-state index contributed by atoms with van der Waals surface area (Å²) < 4.78 is 24.6. The Bertz CT molecular complexity index is 467. The van der Waals surface area contributed by atoms with Gasteiger partial charge in [0.1, 0.15) is 0 Å². The van der Waals surface area contributed by atoms with Crippen molar-refractivity contribution >= 4 is 0 Å². The van der Waals surface area contributed by atoms with E-state index in [9.17, 15) is 13.9 Å². The summed E-state index contributed by atoms with van der Waals surface area (Å²) in [5.41, 5.74) is 1.59. The number of nitrogens with zero attached hydrogens (tertiary/aromatic N) is 2. The Labute approximate surface area is 170 Å². The van der Waals surface area contributed by atoms with Gasteiger partial charge in [-0.2, -0.15) is 8.78 Å². The smallest absolute Gasteiger partial charge is 0.270 e. The molecular weight excluding hydrogens is 362 g/mol. The van der Waals surface area contributed by atoms with Crippen LogP contribution in [0, 0.1) is 0 Å². The van der Waals surface area contributed by atoms with Crippen molar-refractivity contribution in [2.24, 2.45) is 0 Å². The number of rotatable bonds is 2. The van der Waals surface area contributed by atoms with Gasteiger partial charge in [0.2, 0.25) is 0 Å². The number of hydrogen-bond donors (Lipinski definition) is 2. The lowest BCUT2D eigenvalue weighted by molar-refractivity contribution is 0.1000. The summed E-state index contributed by atoms with van der Waals surface area (Å²) in [6, 6.07) is 0. The van der Waals surface area contributed by atoms with Gasteiger partial charge in [-0.05, 0) is 45.1 Å². The Morgan fingerprint density at radius 2 is 1.68 bits per heavy atom. The fraction of sp³-hybridized carbons (Fsp3) is 0.818. The van der Waals surface area contributed by atoms with Crippen LogP contribution >= 0.6 is 0 Å². The molecule has 0 spiro atoms. The van der Waals surface area contributed by atoms with Crippen LogP contribution in [0.4, 0.5) is 8.78 Å². The van der Waals surface area contributed by atoms with Gasteiger partial charge in [0.15, 0.2) is 0 Å². The number of fused-ring (bicyclic) bond motifs is 1. The zero-order valence-corrected chi connectivity index (χ0v) is 18.4. The molecule has 3 saturated heterocycles. The van der Waals surface area contributed by atoms with Crippen molar-refractivity contribution in [2.75, 3.05) is 39.5 Å². The van der Waals surface area contributed by atoms with E-state index in [0.29, 0.717) is 19.6 Å². The molecule has 1 unspecified atom stereocenters. The van der Waals surface area contributed by atoms with Crippen LogP contribution in [0.3, 0.4) is 0 Å². The summed E-state index contributed by atoms with van der Waals surface area (Å²) in [7, 11) is 0. The minimum absolute atomic E-state index is 0.108. The predicted octanol–water partition coefficient (Wildman–Crippen LogP) is 4.79. The SMILES string of the molecule is C=C1CN2CCCC2(CO)C1.CC.CC.OCN1CCCCCC(=C(F)F)C1. The number of halogens is 2. The molecule has 6 heteroatoms. The van der Waals surface area contributed by atoms with Crippen molar-refractivity contribution in [3.05, 3.63) is 23.8 Å². The summed E-state index contributed by atoms with van der Waals surface area (Å²) in [5, 5.41) is 18.1. The molecule has 3 rings (SSSR count). The highest BCUT2D eigenvalue weighted by atomic mass is 19.3. The highest BCUT2D eigenvalue weighted by molar-refractivity contribution is 5.17. The molecule has 3 aliphatic heterocycles. The minimum atomic E-state index is -1.57. The Hall–Kier alpha value is -0.820. The molecule has 3 aliphatic rings. The molecule has 4 nitrogen and oxygen atoms in total. The number of aliphatic hydroxyl groups excluding tert-OH is 2. The molecule has 166 valence electrons. The molecule has 2 N–H and O–H groups in total. The molecule has 0 radical (unpaired) electrons. The van der Waals surface area contributed by atoms with Crippen molar-refractivity contribution in [3.8, 4) is 0 Å². The van der Waals surface area contributed by atoms with E-state index in [1.807, 2.05) is 27.7 Å². The molecule has 3 heterocycles. The van der Waals surface area contributed by atoms with E-state index < -0.39 is 6.08 Å². The number of aliphatic hydroxyl groups is 2. The van der Waals surface area contributed by atoms with E-state index in [1.54, 1.807) is 4.90 Å². The van der Waals surface area contributed by atoms with Gasteiger partial charge in [0, 0.05) is 30.7 Å². The third-order valence-electron chi connectivity index (χ3n) is 5.36. The highest BCUT2D eigenvalue weighted by Gasteiger charge is 2.44. The molecule has 0 aliphatic carbocycles. The van der Waals surface area contributed by atoms with Crippen LogP contribution in [-0.2, 0) is 0 Å². The summed E-state index contributed by atoms with van der Waals surface area (Å²) >= 11 is 0. The maximum Gasteiger partial charge on any atom is 0.270 e. The van der Waals surface area contributed by atoms with Gasteiger partial charge >= 0.3 is 0 Å². The van der Waals surface area contributed by atoms with E-state index in [-0.39, 0.29) is 24.4 Å². The molecule has 0 aromatic carbocycles. The van der Waals surface area contributed by atoms with Gasteiger partial charge in [-0.25, -0.2) is 0 Å². The summed E-state index contributed by atoms with van der Waals surface area (Å²) in [5.74, 6) is 0. The van der Waals surface area contributed by atoms with Crippen molar-refractivity contribution in [1.29, 1.82) is 0 Å². The second-order valence-corrected chi connectivity index (χ2v) is 7.20. The number of hydrogen-bond acceptors (Lipinski definition) is 4. The van der Waals surface area contributed by atoms with E-state index in [4.69, 9.17) is 5.11 Å². The first-order chi connectivity index (χ1) is 13.5. The standard InChI is InChI=1S/C9H15F2NO.C9H15NO.2C2H6/c10-9(11)8-4-2-1-3-5-12(6-8)7-13;1-8-5-9(7-11)3-2-4-10(9)6-8;2*1-2/h13H,1-7H2;11H,1-7H2;2*1-2H3. The monoisotopic (exact) mass is 404 g/mol. The highest BCUT2D eigenvalue weighted by Crippen LogP contribution is 2.40. The van der Waals surface area contributed by atoms with Gasteiger partial charge in [0.05, 0.1) is 13.3 Å². The molecule has 0 aromatic rings. The zero-order valence-electron chi connectivity index (χ0n) is 18.4. The summed E-state index contributed by atoms with van der Waals surface area (Å²) in [6.45, 7) is 15.3. The lowest BCUT2D eigenvalue weighted by Gasteiger charge is -2.28. The topological polar surface area (TPSA) is 46.9 Å². The average molecular weight is 405 g/mol. The third-order valence-corrected chi connectivity index (χ3v) is 5.36. The van der Waals surface area contributed by atoms with E-state index in [2.05, 4.69) is 11.5 Å². The maximum atomic E-state index is 12.3. The molecule has 28 heavy (non-hydrogen) atoms. The molecule has 3 fully saturated rings. The zero-order chi connectivity index (χ0) is 21.6. The second kappa shape index (κ2) is 15.1. The van der Waals surface area contributed by atoms with Gasteiger partial charge in [-0.15, -0.1) is 0 Å². The fourth-order valence-corrected chi connectivity index (χ4v) is 4.02. The Morgan fingerprint density at radius 3 is 2.21 bits per heavy atom. The lowest BCUT2D eigenvalue weighted by atomic mass is 9.94. The van der Waals surface area contributed by atoms with E-state index in [1.165, 1.54) is 12.0 Å². The fourth-order valence-electron chi connectivity index (χ4n) is 4.02. The van der Waals surface area contributed by atoms with Gasteiger partial charge < -0.3 is 10.2 Å². The van der Waals surface area contributed by atoms with E-state index in [0.717, 1.165) is 45.2 Å². The Morgan fingerprint density at radius 1 is 1.00 bits per heavy atom. The normalized spacial score (nSPS) is 25.1. The van der Waals surface area contributed by atoms with Crippen LogP contribution in [-0.4, -0.2) is 65.1 Å². The quantitative estimate of drug-likeness (QED) is 0.650. The molecule has 1 atom stereocenters. The summed E-state index contributed by atoms with van der Waals surface area (Å²) in [4.78, 5) is 4.03. The maximum absolute atomic E-state index is 12.3. The second-order valence-electron chi connectivity index (χ2n) is 7.20. The van der Waals surface area contributed by atoms with Crippen LogP contribution < -0.4 is 0 Å². The van der Waals surface area contributed by atoms with Crippen molar-refractivity contribution in [3.63, 3.8) is 0 Å². The molecular formula is C22H42F2N2O2. The third kappa shape index (κ3) is 8.27. The van der Waals surface area contributed by atoms with E-state index >= 15 is 0 Å². The van der Waals surface area contributed by atoms with Gasteiger partial charge in [-0.3, -0.25) is 9.80 Å². The minimum Gasteiger partial charge on any atom is -0.394 e. The molecule has 0 amide bonds. The average Bonchev–Trinajstić information content (AvgIpc) is 3.21. The predicted molar refractivity (Wildman–Crippen MR) is 113 cm³/mol. The molecule has 0 bridgehead atoms. The van der Waals surface area contributed by atoms with Crippen LogP contribution in [0.15, 0.2) is 23.8 Å². The first kappa shape index (κ1) is 27.2. The Kier molecular flexibility index (Phi) is 14.6. The van der Waals surface area contributed by atoms with Crippen LogP contribution in [0.25, 0.3) is 0 Å². The first-order valence-corrected chi connectivity index (χ1v) is 10.9. The van der Waals surface area contributed by atoms with Crippen LogP contribution in [0.2, 0.25) is 0 Å². The van der Waals surface area contributed by atoms with Gasteiger partial charge in [-0.1, -0.05) is 46.3 Å². The van der Waals surface area contributed by atoms with Crippen LogP contribution in [0.5, 0.6) is 0 Å². The summed E-state index contributed by atoms with van der Waals surface area (Å²) in [6.07, 6.45) is 5.11. The van der Waals surface area contributed by atoms with Gasteiger partial charge in [0.25, 0.3) is 6.08 Å². The van der Waals surface area contributed by atoms with Crippen molar-refractivity contribution in [2.45, 2.75) is 78.2 Å². The molecule has 0 aromatic heterocycles. The Balaban J connectivity index is 0.000000445.